The molecule has 0 aliphatic heterocycles. The summed E-state index contributed by atoms with van der Waals surface area (Å²) in [7, 11) is 0. The van der Waals surface area contributed by atoms with Crippen LogP contribution in [0.15, 0.2) is 24.3 Å². The summed E-state index contributed by atoms with van der Waals surface area (Å²) < 4.78 is 42.4. The minimum absolute atomic E-state index is 0.0229. The van der Waals surface area contributed by atoms with Gasteiger partial charge in [0.15, 0.2) is 0 Å². The first kappa shape index (κ1) is 26.1. The van der Waals surface area contributed by atoms with E-state index in [-0.39, 0.29) is 22.4 Å². The van der Waals surface area contributed by atoms with Gasteiger partial charge < -0.3 is 15.0 Å². The van der Waals surface area contributed by atoms with E-state index in [9.17, 15) is 23.1 Å². The van der Waals surface area contributed by atoms with Crippen molar-refractivity contribution in [3.63, 3.8) is 0 Å². The van der Waals surface area contributed by atoms with Crippen molar-refractivity contribution in [1.82, 2.24) is 9.88 Å². The number of aliphatic hydroxyl groups is 1. The highest BCUT2D eigenvalue weighted by Crippen LogP contribution is 2.38. The highest BCUT2D eigenvalue weighted by molar-refractivity contribution is 6.33. The van der Waals surface area contributed by atoms with Gasteiger partial charge in [-0.15, -0.1) is 0 Å². The first-order valence-electron chi connectivity index (χ1n) is 12.7. The summed E-state index contributed by atoms with van der Waals surface area (Å²) in [4.78, 5) is 13.2. The van der Waals surface area contributed by atoms with Crippen LogP contribution < -0.4 is 5.32 Å². The Labute approximate surface area is 209 Å². The Kier molecular flexibility index (Phi) is 8.16. The molecule has 2 fully saturated rings. The number of carbonyl (C=O) groups is 1. The number of alkyl halides is 3. The van der Waals surface area contributed by atoms with Crippen LogP contribution in [0, 0.1) is 18.8 Å². The SMILES string of the molecule is Cc1c(C(=O)NCC2CCCC[C@H]2O)cc(-c2cc(C(F)(F)F)ccc2Cl)n1CC1CCCCC1. The van der Waals surface area contributed by atoms with Gasteiger partial charge in [0.2, 0.25) is 0 Å². The Morgan fingerprint density at radius 3 is 2.46 bits per heavy atom. The number of nitrogens with zero attached hydrogens (tertiary/aromatic N) is 1. The number of aliphatic hydroxyl groups excluding tert-OH is 1. The molecule has 0 bridgehead atoms. The van der Waals surface area contributed by atoms with Gasteiger partial charge in [0.25, 0.3) is 5.91 Å². The first-order valence-corrected chi connectivity index (χ1v) is 13.1. The second-order valence-corrected chi connectivity index (χ2v) is 10.6. The number of nitrogens with one attached hydrogen (secondary N) is 1. The third kappa shape index (κ3) is 6.05. The summed E-state index contributed by atoms with van der Waals surface area (Å²) in [5.41, 5.74) is 1.21. The highest BCUT2D eigenvalue weighted by Gasteiger charge is 2.32. The van der Waals surface area contributed by atoms with Gasteiger partial charge >= 0.3 is 6.18 Å². The molecule has 0 spiro atoms. The average Bonchev–Trinajstić information content (AvgIpc) is 3.14. The Balaban J connectivity index is 1.67. The maximum Gasteiger partial charge on any atom is 0.416 e. The Morgan fingerprint density at radius 1 is 1.09 bits per heavy atom. The normalized spacial score (nSPS) is 21.8. The molecule has 2 aromatic rings. The van der Waals surface area contributed by atoms with Crippen molar-refractivity contribution in [2.24, 2.45) is 11.8 Å². The number of hydrogen-bond acceptors (Lipinski definition) is 2. The zero-order valence-electron chi connectivity index (χ0n) is 20.1. The topological polar surface area (TPSA) is 54.3 Å². The average molecular weight is 511 g/mol. The minimum Gasteiger partial charge on any atom is -0.393 e. The molecule has 2 saturated carbocycles. The molecular formula is C27H34ClF3N2O2. The number of rotatable bonds is 6. The summed E-state index contributed by atoms with van der Waals surface area (Å²) in [6.07, 6.45) is 4.35. The second kappa shape index (κ2) is 11.0. The summed E-state index contributed by atoms with van der Waals surface area (Å²) in [6, 6.07) is 5.01. The van der Waals surface area contributed by atoms with Crippen molar-refractivity contribution in [2.75, 3.05) is 6.54 Å². The van der Waals surface area contributed by atoms with E-state index in [1.165, 1.54) is 12.5 Å². The van der Waals surface area contributed by atoms with Crippen LogP contribution in [0.3, 0.4) is 0 Å². The van der Waals surface area contributed by atoms with Crippen LogP contribution >= 0.6 is 11.6 Å². The van der Waals surface area contributed by atoms with Crippen LogP contribution in [-0.2, 0) is 12.7 Å². The minimum atomic E-state index is -4.49. The molecule has 2 aliphatic carbocycles. The van der Waals surface area contributed by atoms with E-state index >= 15 is 0 Å². The van der Waals surface area contributed by atoms with E-state index in [2.05, 4.69) is 5.32 Å². The zero-order chi connectivity index (χ0) is 25.2. The summed E-state index contributed by atoms with van der Waals surface area (Å²) >= 11 is 6.41. The monoisotopic (exact) mass is 510 g/mol. The third-order valence-electron chi connectivity index (χ3n) is 7.74. The largest absolute Gasteiger partial charge is 0.416 e. The Bertz CT molecular complexity index is 1040. The van der Waals surface area contributed by atoms with Gasteiger partial charge in [0, 0.05) is 35.3 Å². The molecule has 0 saturated heterocycles. The molecule has 1 amide bonds. The van der Waals surface area contributed by atoms with Crippen LogP contribution in [0.1, 0.15) is 79.4 Å². The van der Waals surface area contributed by atoms with E-state index < -0.39 is 17.8 Å². The van der Waals surface area contributed by atoms with Crippen LogP contribution in [0.2, 0.25) is 5.02 Å². The molecule has 192 valence electrons. The van der Waals surface area contributed by atoms with Crippen molar-refractivity contribution < 1.29 is 23.1 Å². The highest BCUT2D eigenvalue weighted by atomic mass is 35.5. The van der Waals surface area contributed by atoms with Crippen LogP contribution in [0.25, 0.3) is 11.3 Å². The van der Waals surface area contributed by atoms with E-state index in [1.807, 2.05) is 11.5 Å². The smallest absolute Gasteiger partial charge is 0.393 e. The van der Waals surface area contributed by atoms with E-state index in [1.54, 1.807) is 6.07 Å². The molecule has 4 rings (SSSR count). The van der Waals surface area contributed by atoms with Gasteiger partial charge in [0.1, 0.15) is 0 Å². The molecule has 4 nitrogen and oxygen atoms in total. The van der Waals surface area contributed by atoms with Crippen LogP contribution in [0.5, 0.6) is 0 Å². The van der Waals surface area contributed by atoms with Gasteiger partial charge in [-0.25, -0.2) is 0 Å². The summed E-state index contributed by atoms with van der Waals surface area (Å²) in [5, 5.41) is 13.4. The van der Waals surface area contributed by atoms with Gasteiger partial charge in [-0.2, -0.15) is 13.2 Å². The quantitative estimate of drug-likeness (QED) is 0.439. The Hall–Kier alpha value is -1.99. The van der Waals surface area contributed by atoms with E-state index in [4.69, 9.17) is 11.6 Å². The van der Waals surface area contributed by atoms with Gasteiger partial charge in [-0.05, 0) is 62.8 Å². The fourth-order valence-electron chi connectivity index (χ4n) is 5.60. The van der Waals surface area contributed by atoms with Crippen molar-refractivity contribution in [3.8, 4) is 11.3 Å². The maximum atomic E-state index is 13.5. The van der Waals surface area contributed by atoms with Crippen LogP contribution in [0.4, 0.5) is 13.2 Å². The van der Waals surface area contributed by atoms with Crippen LogP contribution in [-0.4, -0.2) is 28.2 Å². The molecule has 2 aliphatic rings. The lowest BCUT2D eigenvalue weighted by atomic mass is 9.86. The van der Waals surface area contributed by atoms with E-state index in [0.29, 0.717) is 30.3 Å². The molecule has 8 heteroatoms. The standard InChI is InChI=1S/C27H34ClF3N2O2/c1-17-21(26(35)32-15-19-9-5-6-10-25(19)34)14-24(33(17)16-18-7-3-2-4-8-18)22-13-20(27(29,30)31)11-12-23(22)28/h11-14,18-19,25,34H,2-10,15-16H2,1H3,(H,32,35)/t19?,25-/m1/s1. The van der Waals surface area contributed by atoms with Crippen molar-refractivity contribution in [1.29, 1.82) is 0 Å². The zero-order valence-corrected chi connectivity index (χ0v) is 20.9. The molecule has 2 atom stereocenters. The van der Waals surface area contributed by atoms with Crippen molar-refractivity contribution in [2.45, 2.75) is 83.5 Å². The number of hydrogen-bond donors (Lipinski definition) is 2. The first-order chi connectivity index (χ1) is 16.6. The molecular weight excluding hydrogens is 477 g/mol. The molecule has 1 heterocycles. The number of aromatic nitrogens is 1. The maximum absolute atomic E-state index is 13.5. The molecule has 1 aromatic carbocycles. The predicted octanol–water partition coefficient (Wildman–Crippen LogP) is 7.00. The summed E-state index contributed by atoms with van der Waals surface area (Å²) in [5.74, 6) is 0.160. The number of halogens is 4. The van der Waals surface area contributed by atoms with Gasteiger partial charge in [-0.1, -0.05) is 43.7 Å². The number of amides is 1. The fourth-order valence-corrected chi connectivity index (χ4v) is 5.82. The predicted molar refractivity (Wildman–Crippen MR) is 131 cm³/mol. The lowest BCUT2D eigenvalue weighted by molar-refractivity contribution is -0.137. The molecule has 1 aromatic heterocycles. The molecule has 1 unspecified atom stereocenters. The van der Waals surface area contributed by atoms with Crippen molar-refractivity contribution in [3.05, 3.63) is 46.1 Å². The number of carbonyl (C=O) groups excluding carboxylic acids is 1. The van der Waals surface area contributed by atoms with Gasteiger partial charge in [0.05, 0.1) is 22.9 Å². The van der Waals surface area contributed by atoms with E-state index in [0.717, 1.165) is 69.2 Å². The molecule has 2 N–H and O–H groups in total. The Morgan fingerprint density at radius 2 is 1.77 bits per heavy atom. The fraction of sp³-hybridized carbons (Fsp3) is 0.593. The lowest BCUT2D eigenvalue weighted by Gasteiger charge is -2.27. The number of benzene rings is 1. The van der Waals surface area contributed by atoms with Crippen molar-refractivity contribution >= 4 is 17.5 Å². The second-order valence-electron chi connectivity index (χ2n) is 10.2. The lowest BCUT2D eigenvalue weighted by Crippen LogP contribution is -2.36. The summed E-state index contributed by atoms with van der Waals surface area (Å²) in [6.45, 7) is 2.87. The molecule has 0 radical (unpaired) electrons. The van der Waals surface area contributed by atoms with Gasteiger partial charge in [-0.3, -0.25) is 4.79 Å². The molecule has 35 heavy (non-hydrogen) atoms. The third-order valence-corrected chi connectivity index (χ3v) is 8.07.